The number of rotatable bonds is 6. The summed E-state index contributed by atoms with van der Waals surface area (Å²) in [6, 6.07) is 19.9. The second-order valence-electron chi connectivity index (χ2n) is 5.59. The lowest BCUT2D eigenvalue weighted by molar-refractivity contribution is -0.116. The average Bonchev–Trinajstić information content (AvgIpc) is 2.63. The van der Waals surface area contributed by atoms with E-state index >= 15 is 0 Å². The zero-order valence-electron chi connectivity index (χ0n) is 13.8. The maximum Gasteiger partial charge on any atom is 0.226 e. The normalized spacial score (nSPS) is 10.5. The summed E-state index contributed by atoms with van der Waals surface area (Å²) in [5.74, 6) is 0.00235. The number of hydrogen-bond donors (Lipinski definition) is 1. The van der Waals surface area contributed by atoms with Crippen molar-refractivity contribution < 1.29 is 4.79 Å². The Bertz CT molecular complexity index is 812. The van der Waals surface area contributed by atoms with E-state index in [1.807, 2.05) is 48.5 Å². The first-order chi connectivity index (χ1) is 11.8. The maximum atomic E-state index is 12.3. The predicted octanol–water partition coefficient (Wildman–Crippen LogP) is 4.09. The highest BCUT2D eigenvalue weighted by Crippen LogP contribution is 2.21. The third-order valence-corrected chi connectivity index (χ3v) is 4.02. The molecule has 0 aliphatic rings. The number of carbonyl (C=O) groups excluding carboxylic acids is 1. The van der Waals surface area contributed by atoms with Crippen LogP contribution in [0.3, 0.4) is 0 Å². The highest BCUT2D eigenvalue weighted by Gasteiger charge is 2.09. The van der Waals surface area contributed by atoms with Crippen LogP contribution in [0.5, 0.6) is 0 Å². The van der Waals surface area contributed by atoms with Gasteiger partial charge >= 0.3 is 0 Å². The van der Waals surface area contributed by atoms with Crippen LogP contribution >= 0.6 is 0 Å². The van der Waals surface area contributed by atoms with Crippen LogP contribution in [-0.2, 0) is 4.79 Å². The maximum absolute atomic E-state index is 12.3. The van der Waals surface area contributed by atoms with Gasteiger partial charge in [0.25, 0.3) is 0 Å². The Morgan fingerprint density at radius 1 is 1.04 bits per heavy atom. The van der Waals surface area contributed by atoms with E-state index in [0.717, 1.165) is 28.8 Å². The fraction of sp³-hybridized carbons (Fsp3) is 0.200. The van der Waals surface area contributed by atoms with Crippen molar-refractivity contribution in [2.45, 2.75) is 13.3 Å². The van der Waals surface area contributed by atoms with Crippen LogP contribution in [0.15, 0.2) is 66.9 Å². The van der Waals surface area contributed by atoms with Gasteiger partial charge in [-0.05, 0) is 31.2 Å². The lowest BCUT2D eigenvalue weighted by atomic mass is 10.2. The Balaban J connectivity index is 1.65. The number of benzene rings is 2. The van der Waals surface area contributed by atoms with E-state index in [4.69, 9.17) is 0 Å². The molecule has 24 heavy (non-hydrogen) atoms. The minimum Gasteiger partial charge on any atom is -0.371 e. The summed E-state index contributed by atoms with van der Waals surface area (Å²) in [4.78, 5) is 18.9. The minimum absolute atomic E-state index is 0.00235. The van der Waals surface area contributed by atoms with Gasteiger partial charge in [0.2, 0.25) is 5.91 Å². The number of para-hydroxylation sites is 2. The number of nitrogens with one attached hydrogen (secondary N) is 1. The number of fused-ring (bicyclic) bond motifs is 1. The molecule has 4 nitrogen and oxygen atoms in total. The quantitative estimate of drug-likeness (QED) is 0.744. The van der Waals surface area contributed by atoms with Gasteiger partial charge in [0.15, 0.2) is 0 Å². The number of nitrogens with zero attached hydrogens (tertiary/aromatic N) is 2. The summed E-state index contributed by atoms with van der Waals surface area (Å²) in [6.45, 7) is 3.65. The molecule has 0 unspecified atom stereocenters. The number of aromatic nitrogens is 1. The Morgan fingerprint density at radius 3 is 2.62 bits per heavy atom. The molecule has 0 atom stereocenters. The van der Waals surface area contributed by atoms with E-state index in [1.165, 1.54) is 0 Å². The lowest BCUT2D eigenvalue weighted by Gasteiger charge is -2.22. The van der Waals surface area contributed by atoms with Crippen molar-refractivity contribution in [1.29, 1.82) is 0 Å². The van der Waals surface area contributed by atoms with Crippen LogP contribution in [0, 0.1) is 0 Å². The van der Waals surface area contributed by atoms with Crippen LogP contribution in [0.1, 0.15) is 13.3 Å². The van der Waals surface area contributed by atoms with Gasteiger partial charge in [0.1, 0.15) is 0 Å². The standard InChI is InChI=1S/C20H21N3O/c1-2-23(17-10-4-3-5-11-17)15-13-19(24)22-18-12-6-8-16-9-7-14-21-20(16)18/h3-12,14H,2,13,15H2,1H3,(H,22,24). The molecule has 0 bridgehead atoms. The highest BCUT2D eigenvalue weighted by atomic mass is 16.1. The third kappa shape index (κ3) is 3.71. The van der Waals surface area contributed by atoms with Crippen molar-refractivity contribution in [2.24, 2.45) is 0 Å². The Morgan fingerprint density at radius 2 is 1.83 bits per heavy atom. The monoisotopic (exact) mass is 319 g/mol. The van der Waals surface area contributed by atoms with Gasteiger partial charge < -0.3 is 10.2 Å². The molecule has 1 N–H and O–H groups in total. The molecule has 0 saturated carbocycles. The molecule has 0 fully saturated rings. The van der Waals surface area contributed by atoms with Crippen LogP contribution < -0.4 is 10.2 Å². The lowest BCUT2D eigenvalue weighted by Crippen LogP contribution is -2.27. The molecule has 0 saturated heterocycles. The molecule has 3 rings (SSSR count). The molecule has 1 aromatic heterocycles. The van der Waals surface area contributed by atoms with Gasteiger partial charge in [-0.3, -0.25) is 9.78 Å². The fourth-order valence-corrected chi connectivity index (χ4v) is 2.76. The van der Waals surface area contributed by atoms with Crippen molar-refractivity contribution in [2.75, 3.05) is 23.3 Å². The van der Waals surface area contributed by atoms with E-state index in [9.17, 15) is 4.79 Å². The summed E-state index contributed by atoms with van der Waals surface area (Å²) in [7, 11) is 0. The zero-order chi connectivity index (χ0) is 16.8. The number of amides is 1. The first-order valence-electron chi connectivity index (χ1n) is 8.21. The van der Waals surface area contributed by atoms with E-state index in [1.54, 1.807) is 6.20 Å². The molecule has 122 valence electrons. The van der Waals surface area contributed by atoms with Crippen LogP contribution in [0.25, 0.3) is 10.9 Å². The van der Waals surface area contributed by atoms with Crippen molar-refractivity contribution in [3.8, 4) is 0 Å². The Kier molecular flexibility index (Phi) is 5.06. The zero-order valence-corrected chi connectivity index (χ0v) is 13.8. The summed E-state index contributed by atoms with van der Waals surface area (Å²) >= 11 is 0. The second-order valence-corrected chi connectivity index (χ2v) is 5.59. The molecule has 2 aromatic carbocycles. The van der Waals surface area contributed by atoms with E-state index < -0.39 is 0 Å². The average molecular weight is 319 g/mol. The fourth-order valence-electron chi connectivity index (χ4n) is 2.76. The van der Waals surface area contributed by atoms with Crippen LogP contribution in [-0.4, -0.2) is 24.0 Å². The summed E-state index contributed by atoms with van der Waals surface area (Å²) in [5.41, 5.74) is 2.73. The second kappa shape index (κ2) is 7.59. The topological polar surface area (TPSA) is 45.2 Å². The molecule has 0 aliphatic heterocycles. The van der Waals surface area contributed by atoms with Gasteiger partial charge in [-0.25, -0.2) is 0 Å². The molecule has 3 aromatic rings. The molecular weight excluding hydrogens is 298 g/mol. The Labute approximate surface area is 142 Å². The Hall–Kier alpha value is -2.88. The number of pyridine rings is 1. The minimum atomic E-state index is 0.00235. The van der Waals surface area contributed by atoms with Gasteiger partial charge in [-0.15, -0.1) is 0 Å². The molecular formula is C20H21N3O. The van der Waals surface area contributed by atoms with Gasteiger partial charge in [-0.1, -0.05) is 36.4 Å². The number of carbonyl (C=O) groups is 1. The molecule has 1 heterocycles. The largest absolute Gasteiger partial charge is 0.371 e. The first-order valence-corrected chi connectivity index (χ1v) is 8.21. The van der Waals surface area contributed by atoms with Crippen molar-refractivity contribution >= 4 is 28.2 Å². The van der Waals surface area contributed by atoms with Gasteiger partial charge in [0, 0.05) is 36.8 Å². The SMILES string of the molecule is CCN(CCC(=O)Nc1cccc2cccnc12)c1ccccc1. The highest BCUT2D eigenvalue weighted by molar-refractivity contribution is 6.00. The molecule has 4 heteroatoms. The van der Waals surface area contributed by atoms with Crippen molar-refractivity contribution in [3.63, 3.8) is 0 Å². The van der Waals surface area contributed by atoms with Crippen molar-refractivity contribution in [1.82, 2.24) is 4.98 Å². The van der Waals surface area contributed by atoms with E-state index in [-0.39, 0.29) is 5.91 Å². The molecule has 0 aliphatic carbocycles. The van der Waals surface area contributed by atoms with E-state index in [0.29, 0.717) is 13.0 Å². The third-order valence-electron chi connectivity index (χ3n) is 4.02. The van der Waals surface area contributed by atoms with E-state index in [2.05, 4.69) is 34.3 Å². The van der Waals surface area contributed by atoms with Gasteiger partial charge in [0.05, 0.1) is 11.2 Å². The molecule has 1 amide bonds. The van der Waals surface area contributed by atoms with Crippen LogP contribution in [0.2, 0.25) is 0 Å². The van der Waals surface area contributed by atoms with Crippen LogP contribution in [0.4, 0.5) is 11.4 Å². The number of hydrogen-bond acceptors (Lipinski definition) is 3. The summed E-state index contributed by atoms with van der Waals surface area (Å²) in [5, 5.41) is 4.01. The molecule has 0 spiro atoms. The first kappa shape index (κ1) is 16.0. The van der Waals surface area contributed by atoms with Gasteiger partial charge in [-0.2, -0.15) is 0 Å². The predicted molar refractivity (Wildman–Crippen MR) is 99.3 cm³/mol. The summed E-state index contributed by atoms with van der Waals surface area (Å²) < 4.78 is 0. The number of anilines is 2. The molecule has 0 radical (unpaired) electrons. The van der Waals surface area contributed by atoms with Crippen molar-refractivity contribution in [3.05, 3.63) is 66.9 Å². The summed E-state index contributed by atoms with van der Waals surface area (Å²) in [6.07, 6.45) is 2.18. The smallest absolute Gasteiger partial charge is 0.226 e.